The van der Waals surface area contributed by atoms with E-state index in [9.17, 15) is 9.18 Å². The summed E-state index contributed by atoms with van der Waals surface area (Å²) in [5.74, 6) is 0.518. The van der Waals surface area contributed by atoms with Crippen LogP contribution in [0.5, 0.6) is 5.75 Å². The zero-order chi connectivity index (χ0) is 19.6. The Bertz CT molecular complexity index is 631. The summed E-state index contributed by atoms with van der Waals surface area (Å²) >= 11 is 0. The van der Waals surface area contributed by atoms with E-state index in [1.165, 1.54) is 6.07 Å². The first-order valence-corrected chi connectivity index (χ1v) is 9.66. The molecule has 1 N–H and O–H groups in total. The van der Waals surface area contributed by atoms with E-state index < -0.39 is 0 Å². The molecule has 0 bridgehead atoms. The number of guanidine groups is 1. The van der Waals surface area contributed by atoms with Crippen molar-refractivity contribution in [2.45, 2.75) is 39.7 Å². The van der Waals surface area contributed by atoms with E-state index in [1.807, 2.05) is 20.8 Å². The molecule has 1 saturated heterocycles. The van der Waals surface area contributed by atoms with Gasteiger partial charge in [0.15, 0.2) is 17.5 Å². The summed E-state index contributed by atoms with van der Waals surface area (Å²) < 4.78 is 24.5. The molecule has 0 saturated carbocycles. The van der Waals surface area contributed by atoms with Crippen LogP contribution < -0.4 is 10.1 Å². The van der Waals surface area contributed by atoms with Crippen molar-refractivity contribution in [3.05, 3.63) is 30.1 Å². The van der Waals surface area contributed by atoms with Gasteiger partial charge in [-0.1, -0.05) is 12.1 Å². The summed E-state index contributed by atoms with van der Waals surface area (Å²) in [6.07, 6.45) is 1.25. The van der Waals surface area contributed by atoms with E-state index in [0.29, 0.717) is 13.2 Å². The van der Waals surface area contributed by atoms with Gasteiger partial charge < -0.3 is 19.7 Å². The molecule has 1 fully saturated rings. The van der Waals surface area contributed by atoms with Gasteiger partial charge in [0, 0.05) is 19.6 Å². The predicted octanol–water partition coefficient (Wildman–Crippen LogP) is 2.83. The summed E-state index contributed by atoms with van der Waals surface area (Å²) in [4.78, 5) is 18.7. The molecule has 1 atom stereocenters. The van der Waals surface area contributed by atoms with Crippen molar-refractivity contribution in [3.8, 4) is 5.75 Å². The van der Waals surface area contributed by atoms with Crippen molar-refractivity contribution < 1.29 is 18.7 Å². The van der Waals surface area contributed by atoms with E-state index in [2.05, 4.69) is 15.2 Å². The number of piperidine rings is 1. The molecule has 2 rings (SSSR count). The molecule has 1 aromatic rings. The van der Waals surface area contributed by atoms with E-state index in [4.69, 9.17) is 9.47 Å². The quantitative estimate of drug-likeness (QED) is 0.448. The van der Waals surface area contributed by atoms with Gasteiger partial charge in [0.1, 0.15) is 6.10 Å². The summed E-state index contributed by atoms with van der Waals surface area (Å²) in [6.45, 7) is 8.78. The second-order valence-corrected chi connectivity index (χ2v) is 6.57. The van der Waals surface area contributed by atoms with Gasteiger partial charge >= 0.3 is 5.97 Å². The molecule has 0 aromatic heterocycles. The van der Waals surface area contributed by atoms with Gasteiger partial charge in [-0.3, -0.25) is 4.79 Å². The van der Waals surface area contributed by atoms with Gasteiger partial charge in [0.2, 0.25) is 0 Å². The van der Waals surface area contributed by atoms with Crippen LogP contribution in [0.3, 0.4) is 0 Å². The van der Waals surface area contributed by atoms with Gasteiger partial charge in [-0.05, 0) is 45.7 Å². The Morgan fingerprint density at radius 3 is 2.67 bits per heavy atom. The smallest absolute Gasteiger partial charge is 0.309 e. The van der Waals surface area contributed by atoms with Gasteiger partial charge in [-0.15, -0.1) is 0 Å². The molecule has 0 aliphatic carbocycles. The lowest BCUT2D eigenvalue weighted by molar-refractivity contribution is -0.149. The Labute approximate surface area is 160 Å². The maximum atomic E-state index is 13.7. The van der Waals surface area contributed by atoms with Gasteiger partial charge in [0.05, 0.1) is 19.1 Å². The summed E-state index contributed by atoms with van der Waals surface area (Å²) in [5.41, 5.74) is 0. The minimum absolute atomic E-state index is 0.0348. The highest BCUT2D eigenvalue weighted by molar-refractivity contribution is 5.80. The van der Waals surface area contributed by atoms with Crippen LogP contribution in [0.25, 0.3) is 0 Å². The van der Waals surface area contributed by atoms with Crippen LogP contribution >= 0.6 is 0 Å². The fraction of sp³-hybridized carbons (Fsp3) is 0.600. The Morgan fingerprint density at radius 2 is 2.04 bits per heavy atom. The van der Waals surface area contributed by atoms with Crippen LogP contribution in [0.2, 0.25) is 0 Å². The maximum absolute atomic E-state index is 13.7. The zero-order valence-corrected chi connectivity index (χ0v) is 16.4. The SMILES string of the molecule is CCNC(=NCC(C)Oc1ccccc1F)N1CCC(C(=O)OCC)CC1. The van der Waals surface area contributed by atoms with Crippen molar-refractivity contribution in [2.75, 3.05) is 32.8 Å². The number of carbonyl (C=O) groups excluding carboxylic acids is 1. The first-order valence-electron chi connectivity index (χ1n) is 9.66. The van der Waals surface area contributed by atoms with Crippen molar-refractivity contribution in [1.29, 1.82) is 0 Å². The average Bonchev–Trinajstić information content (AvgIpc) is 2.67. The predicted molar refractivity (Wildman–Crippen MR) is 103 cm³/mol. The van der Waals surface area contributed by atoms with Crippen LogP contribution in [0.4, 0.5) is 4.39 Å². The number of ether oxygens (including phenoxy) is 2. The first kappa shape index (κ1) is 21.0. The van der Waals surface area contributed by atoms with Crippen molar-refractivity contribution in [2.24, 2.45) is 10.9 Å². The fourth-order valence-corrected chi connectivity index (χ4v) is 3.02. The number of rotatable bonds is 7. The molecule has 27 heavy (non-hydrogen) atoms. The number of para-hydroxylation sites is 1. The first-order chi connectivity index (χ1) is 13.0. The van der Waals surface area contributed by atoms with E-state index >= 15 is 0 Å². The van der Waals surface area contributed by atoms with Crippen LogP contribution in [-0.2, 0) is 9.53 Å². The number of likely N-dealkylation sites (tertiary alicyclic amines) is 1. The molecule has 6 nitrogen and oxygen atoms in total. The Morgan fingerprint density at radius 1 is 1.33 bits per heavy atom. The number of halogens is 1. The topological polar surface area (TPSA) is 63.2 Å². The third-order valence-electron chi connectivity index (χ3n) is 4.41. The largest absolute Gasteiger partial charge is 0.486 e. The highest BCUT2D eigenvalue weighted by atomic mass is 19.1. The number of esters is 1. The van der Waals surface area contributed by atoms with Crippen molar-refractivity contribution in [1.82, 2.24) is 10.2 Å². The molecular weight excluding hydrogens is 349 g/mol. The maximum Gasteiger partial charge on any atom is 0.309 e. The summed E-state index contributed by atoms with van der Waals surface area (Å²) in [5, 5.41) is 3.28. The lowest BCUT2D eigenvalue weighted by atomic mass is 9.97. The number of hydrogen-bond donors (Lipinski definition) is 1. The molecule has 0 spiro atoms. The number of nitrogens with one attached hydrogen (secondary N) is 1. The highest BCUT2D eigenvalue weighted by Crippen LogP contribution is 2.19. The average molecular weight is 379 g/mol. The van der Waals surface area contributed by atoms with Gasteiger partial charge in [-0.2, -0.15) is 0 Å². The normalized spacial score (nSPS) is 16.7. The number of aliphatic imine (C=N–C) groups is 1. The lowest BCUT2D eigenvalue weighted by Crippen LogP contribution is -2.47. The molecule has 7 heteroatoms. The Kier molecular flexibility index (Phi) is 8.36. The molecule has 0 radical (unpaired) electrons. The number of carbonyl (C=O) groups is 1. The Balaban J connectivity index is 1.90. The van der Waals surface area contributed by atoms with Crippen LogP contribution in [0.1, 0.15) is 33.6 Å². The third kappa shape index (κ3) is 6.41. The molecule has 1 aliphatic heterocycles. The van der Waals surface area contributed by atoms with E-state index in [0.717, 1.165) is 38.4 Å². The van der Waals surface area contributed by atoms with E-state index in [-0.39, 0.29) is 29.6 Å². The zero-order valence-electron chi connectivity index (χ0n) is 16.4. The van der Waals surface area contributed by atoms with Crippen molar-refractivity contribution in [3.63, 3.8) is 0 Å². The minimum Gasteiger partial charge on any atom is -0.486 e. The summed E-state index contributed by atoms with van der Waals surface area (Å²) in [7, 11) is 0. The minimum atomic E-state index is -0.374. The molecule has 0 amide bonds. The highest BCUT2D eigenvalue weighted by Gasteiger charge is 2.27. The molecule has 1 heterocycles. The van der Waals surface area contributed by atoms with Crippen molar-refractivity contribution >= 4 is 11.9 Å². The van der Waals surface area contributed by atoms with E-state index in [1.54, 1.807) is 18.2 Å². The molecule has 1 aliphatic rings. The van der Waals surface area contributed by atoms with Crippen LogP contribution in [0, 0.1) is 11.7 Å². The second kappa shape index (κ2) is 10.7. The molecule has 1 unspecified atom stereocenters. The Hall–Kier alpha value is -2.31. The number of nitrogens with zero attached hydrogens (tertiary/aromatic N) is 2. The number of hydrogen-bond acceptors (Lipinski definition) is 4. The lowest BCUT2D eigenvalue weighted by Gasteiger charge is -2.33. The monoisotopic (exact) mass is 379 g/mol. The second-order valence-electron chi connectivity index (χ2n) is 6.57. The molecule has 150 valence electrons. The number of benzene rings is 1. The fourth-order valence-electron chi connectivity index (χ4n) is 3.02. The van der Waals surface area contributed by atoms with Crippen LogP contribution in [0.15, 0.2) is 29.3 Å². The molecule has 1 aromatic carbocycles. The van der Waals surface area contributed by atoms with Gasteiger partial charge in [-0.25, -0.2) is 9.38 Å². The third-order valence-corrected chi connectivity index (χ3v) is 4.41. The standard InChI is InChI=1S/C20H30FN3O3/c1-4-22-20(24-12-10-16(11-13-24)19(25)26-5-2)23-14-15(3)27-18-9-7-6-8-17(18)21/h6-9,15-16H,4-5,10-14H2,1-3H3,(H,22,23). The molecular formula is C20H30FN3O3. The summed E-state index contributed by atoms with van der Waals surface area (Å²) in [6, 6.07) is 6.37. The van der Waals surface area contributed by atoms with Gasteiger partial charge in [0.25, 0.3) is 0 Å². The van der Waals surface area contributed by atoms with Crippen LogP contribution in [-0.4, -0.2) is 55.7 Å².